The van der Waals surface area contributed by atoms with Crippen molar-refractivity contribution in [3.8, 4) is 5.69 Å². The molecule has 4 aromatic rings. The van der Waals surface area contributed by atoms with E-state index >= 15 is 4.39 Å². The Morgan fingerprint density at radius 2 is 1.85 bits per heavy atom. The van der Waals surface area contributed by atoms with Crippen LogP contribution in [0.4, 0.5) is 20.6 Å². The molecule has 0 unspecified atom stereocenters. The van der Waals surface area contributed by atoms with Crippen molar-refractivity contribution in [1.29, 1.82) is 0 Å². The van der Waals surface area contributed by atoms with Crippen molar-refractivity contribution in [3.63, 3.8) is 0 Å². The summed E-state index contributed by atoms with van der Waals surface area (Å²) in [6, 6.07) is 14.4. The highest BCUT2D eigenvalue weighted by Gasteiger charge is 2.30. The number of amides is 1. The third-order valence-electron chi connectivity index (χ3n) is 4.69. The van der Waals surface area contributed by atoms with Crippen LogP contribution < -0.4 is 4.90 Å². The third-order valence-corrected chi connectivity index (χ3v) is 4.69. The number of hydrogen-bond donors (Lipinski definition) is 1. The minimum absolute atomic E-state index is 0.0486. The van der Waals surface area contributed by atoms with Gasteiger partial charge in [-0.1, -0.05) is 24.3 Å². The number of aromatic carboxylic acids is 1. The summed E-state index contributed by atoms with van der Waals surface area (Å²) in [6.45, 7) is 5.14. The Labute approximate surface area is 188 Å². The van der Waals surface area contributed by atoms with E-state index in [2.05, 4.69) is 10.1 Å². The summed E-state index contributed by atoms with van der Waals surface area (Å²) >= 11 is 0. The Morgan fingerprint density at radius 3 is 2.58 bits per heavy atom. The zero-order valence-electron chi connectivity index (χ0n) is 18.2. The van der Waals surface area contributed by atoms with Crippen LogP contribution >= 0.6 is 0 Å². The molecule has 0 aliphatic heterocycles. The molecule has 168 valence electrons. The highest BCUT2D eigenvalue weighted by atomic mass is 19.1. The molecule has 0 aliphatic carbocycles. The van der Waals surface area contributed by atoms with Crippen LogP contribution in [0.5, 0.6) is 0 Å². The summed E-state index contributed by atoms with van der Waals surface area (Å²) in [5.41, 5.74) is -0.233. The van der Waals surface area contributed by atoms with Gasteiger partial charge >= 0.3 is 12.1 Å². The zero-order chi connectivity index (χ0) is 23.8. The Hall–Kier alpha value is -4.27. The van der Waals surface area contributed by atoms with Gasteiger partial charge in [0.15, 0.2) is 11.5 Å². The molecule has 0 atom stereocenters. The Balaban J connectivity index is 1.97. The molecule has 33 heavy (non-hydrogen) atoms. The van der Waals surface area contributed by atoms with Gasteiger partial charge in [-0.2, -0.15) is 5.10 Å². The lowest BCUT2D eigenvalue weighted by Gasteiger charge is -2.29. The molecule has 2 aromatic heterocycles. The topological polar surface area (TPSA) is 97.5 Å². The molecule has 0 bridgehead atoms. The monoisotopic (exact) mass is 448 g/mol. The van der Waals surface area contributed by atoms with Crippen molar-refractivity contribution >= 4 is 34.3 Å². The number of nitrogens with zero attached hydrogens (tertiary/aromatic N) is 4. The smallest absolute Gasteiger partial charge is 0.419 e. The SMILES string of the molecule is CC(C)(C)OC(=O)N(c1cnc2ccccc2c1)c1cccc(F)c1-n1nccc1C(=O)O. The largest absolute Gasteiger partial charge is 0.477 e. The second-order valence-electron chi connectivity index (χ2n) is 8.24. The van der Waals surface area contributed by atoms with Gasteiger partial charge in [0.25, 0.3) is 0 Å². The number of fused-ring (bicyclic) bond motifs is 1. The minimum Gasteiger partial charge on any atom is -0.477 e. The van der Waals surface area contributed by atoms with Crippen molar-refractivity contribution in [3.05, 3.63) is 78.5 Å². The first kappa shape index (κ1) is 21.9. The normalized spacial score (nSPS) is 11.4. The number of benzene rings is 2. The Bertz CT molecular complexity index is 1360. The van der Waals surface area contributed by atoms with E-state index in [1.165, 1.54) is 30.6 Å². The molecule has 1 N–H and O–H groups in total. The number of ether oxygens (including phenoxy) is 1. The second kappa shape index (κ2) is 8.34. The summed E-state index contributed by atoms with van der Waals surface area (Å²) in [5.74, 6) is -2.06. The second-order valence-corrected chi connectivity index (χ2v) is 8.24. The standard InChI is InChI=1S/C24H21FN4O4/c1-24(2,3)33-23(32)28(16-13-15-7-4-5-9-18(15)26-14-16)19-10-6-8-17(25)21(19)29-20(22(30)31)11-12-27-29/h4-14H,1-3H3,(H,30,31). The lowest BCUT2D eigenvalue weighted by atomic mass is 10.1. The van der Waals surface area contributed by atoms with Crippen LogP contribution in [-0.4, -0.2) is 37.5 Å². The van der Waals surface area contributed by atoms with Crippen LogP contribution in [-0.2, 0) is 4.74 Å². The molecule has 8 nitrogen and oxygen atoms in total. The number of carbonyl (C=O) groups excluding carboxylic acids is 1. The van der Waals surface area contributed by atoms with Crippen molar-refractivity contribution in [2.45, 2.75) is 26.4 Å². The fourth-order valence-corrected chi connectivity index (χ4v) is 3.37. The van der Waals surface area contributed by atoms with Crippen molar-refractivity contribution in [2.75, 3.05) is 4.90 Å². The number of carbonyl (C=O) groups is 2. The van der Waals surface area contributed by atoms with Gasteiger partial charge in [-0.15, -0.1) is 0 Å². The molecular formula is C24H21FN4O4. The summed E-state index contributed by atoms with van der Waals surface area (Å²) in [4.78, 5) is 30.6. The average molecular weight is 448 g/mol. The minimum atomic E-state index is -1.29. The fraction of sp³-hybridized carbons (Fsp3) is 0.167. The molecule has 1 amide bonds. The molecule has 0 saturated carbocycles. The Morgan fingerprint density at radius 1 is 1.09 bits per heavy atom. The molecule has 2 heterocycles. The number of halogens is 1. The van der Waals surface area contributed by atoms with E-state index in [0.717, 1.165) is 21.0 Å². The number of pyridine rings is 1. The fourth-order valence-electron chi connectivity index (χ4n) is 3.37. The number of hydrogen-bond acceptors (Lipinski definition) is 5. The summed E-state index contributed by atoms with van der Waals surface area (Å²) in [7, 11) is 0. The molecule has 0 spiro atoms. The first-order valence-electron chi connectivity index (χ1n) is 10.1. The number of anilines is 2. The van der Waals surface area contributed by atoms with Crippen LogP contribution in [0.1, 0.15) is 31.3 Å². The first-order chi connectivity index (χ1) is 15.7. The molecule has 0 radical (unpaired) electrons. The number of rotatable bonds is 4. The number of aromatic nitrogens is 3. The quantitative estimate of drug-likeness (QED) is 0.453. The summed E-state index contributed by atoms with van der Waals surface area (Å²) < 4.78 is 21.7. The highest BCUT2D eigenvalue weighted by Crippen LogP contribution is 2.35. The van der Waals surface area contributed by atoms with E-state index in [9.17, 15) is 14.7 Å². The van der Waals surface area contributed by atoms with Crippen LogP contribution in [0.2, 0.25) is 0 Å². The van der Waals surface area contributed by atoms with Gasteiger partial charge in [-0.25, -0.2) is 23.6 Å². The van der Waals surface area contributed by atoms with E-state index in [0.29, 0.717) is 11.2 Å². The lowest BCUT2D eigenvalue weighted by molar-refractivity contribution is 0.0598. The van der Waals surface area contributed by atoms with Crippen LogP contribution in [0.25, 0.3) is 16.6 Å². The van der Waals surface area contributed by atoms with Crippen LogP contribution in [0, 0.1) is 5.82 Å². The average Bonchev–Trinajstić information content (AvgIpc) is 3.22. The predicted molar refractivity (Wildman–Crippen MR) is 121 cm³/mol. The first-order valence-corrected chi connectivity index (χ1v) is 10.1. The predicted octanol–water partition coefficient (Wildman–Crippen LogP) is 5.33. The summed E-state index contributed by atoms with van der Waals surface area (Å²) in [5, 5.41) is 14.3. The van der Waals surface area contributed by atoms with Gasteiger partial charge in [-0.05, 0) is 51.1 Å². The highest BCUT2D eigenvalue weighted by molar-refractivity contribution is 6.00. The van der Waals surface area contributed by atoms with Gasteiger partial charge in [0.2, 0.25) is 0 Å². The summed E-state index contributed by atoms with van der Waals surface area (Å²) in [6.07, 6.45) is 1.94. The molecule has 2 aromatic carbocycles. The third kappa shape index (κ3) is 4.38. The van der Waals surface area contributed by atoms with Crippen molar-refractivity contribution in [2.24, 2.45) is 0 Å². The van der Waals surface area contributed by atoms with E-state index in [1.54, 1.807) is 26.8 Å². The molecule has 0 fully saturated rings. The molecule has 4 rings (SSSR count). The van der Waals surface area contributed by atoms with Gasteiger partial charge < -0.3 is 9.84 Å². The van der Waals surface area contributed by atoms with Gasteiger partial charge in [0.05, 0.1) is 29.3 Å². The van der Waals surface area contributed by atoms with E-state index < -0.39 is 23.5 Å². The maximum Gasteiger partial charge on any atom is 0.419 e. The number of carboxylic acids is 1. The molecule has 0 saturated heterocycles. The lowest BCUT2D eigenvalue weighted by Crippen LogP contribution is -2.34. The molecule has 9 heteroatoms. The Kier molecular flexibility index (Phi) is 5.55. The van der Waals surface area contributed by atoms with Gasteiger partial charge in [0.1, 0.15) is 11.3 Å². The van der Waals surface area contributed by atoms with Crippen LogP contribution in [0.15, 0.2) is 67.0 Å². The zero-order valence-corrected chi connectivity index (χ0v) is 18.2. The van der Waals surface area contributed by atoms with E-state index in [4.69, 9.17) is 4.74 Å². The van der Waals surface area contributed by atoms with Crippen molar-refractivity contribution < 1.29 is 23.8 Å². The number of para-hydroxylation sites is 2. The van der Waals surface area contributed by atoms with E-state index in [-0.39, 0.29) is 17.1 Å². The van der Waals surface area contributed by atoms with Gasteiger partial charge in [0, 0.05) is 5.39 Å². The number of carboxylic acid groups (broad SMARTS) is 1. The molecule has 0 aliphatic rings. The molecular weight excluding hydrogens is 427 g/mol. The maximum absolute atomic E-state index is 15.1. The van der Waals surface area contributed by atoms with Crippen LogP contribution in [0.3, 0.4) is 0 Å². The maximum atomic E-state index is 15.1. The van der Waals surface area contributed by atoms with Gasteiger partial charge in [-0.3, -0.25) is 4.98 Å². The van der Waals surface area contributed by atoms with Crippen molar-refractivity contribution in [1.82, 2.24) is 14.8 Å². The van der Waals surface area contributed by atoms with E-state index in [1.807, 2.05) is 24.3 Å².